The molecule has 7 heteroatoms. The highest BCUT2D eigenvalue weighted by Gasteiger charge is 2.21. The van der Waals surface area contributed by atoms with Crippen molar-refractivity contribution in [3.63, 3.8) is 0 Å². The molecule has 150 valence electrons. The smallest absolute Gasteiger partial charge is 0.336 e. The average Bonchev–Trinajstić information content (AvgIpc) is 2.71. The SMILES string of the molecule is CCc1cc(=O)oc2cc(O[C@H](C)C(=O)N[C@H](C(=O)[O-])c3ccccc3)ccc12. The number of rotatable bonds is 7. The van der Waals surface area contributed by atoms with Gasteiger partial charge in [-0.3, -0.25) is 4.79 Å². The summed E-state index contributed by atoms with van der Waals surface area (Å²) in [6.45, 7) is 3.43. The van der Waals surface area contributed by atoms with Crippen LogP contribution in [0.3, 0.4) is 0 Å². The number of benzene rings is 2. The van der Waals surface area contributed by atoms with Crippen LogP contribution in [0.5, 0.6) is 5.75 Å². The molecule has 0 unspecified atom stereocenters. The minimum absolute atomic E-state index is 0.321. The van der Waals surface area contributed by atoms with Crippen LogP contribution in [0.15, 0.2) is 63.8 Å². The zero-order valence-electron chi connectivity index (χ0n) is 16.0. The van der Waals surface area contributed by atoms with Gasteiger partial charge in [0.15, 0.2) is 6.10 Å². The Balaban J connectivity index is 1.77. The molecule has 0 spiro atoms. The number of hydrogen-bond donors (Lipinski definition) is 1. The van der Waals surface area contributed by atoms with Crippen LogP contribution in [0.1, 0.15) is 31.0 Å². The Morgan fingerprint density at radius 2 is 1.86 bits per heavy atom. The van der Waals surface area contributed by atoms with Crippen molar-refractivity contribution in [2.24, 2.45) is 0 Å². The maximum Gasteiger partial charge on any atom is 0.336 e. The van der Waals surface area contributed by atoms with Crippen molar-refractivity contribution >= 4 is 22.8 Å². The van der Waals surface area contributed by atoms with Crippen molar-refractivity contribution < 1.29 is 23.8 Å². The minimum atomic E-state index is -1.42. The Morgan fingerprint density at radius 1 is 1.14 bits per heavy atom. The topological polar surface area (TPSA) is 109 Å². The Morgan fingerprint density at radius 3 is 2.52 bits per heavy atom. The molecule has 0 aliphatic heterocycles. The Kier molecular flexibility index (Phi) is 5.97. The van der Waals surface area contributed by atoms with E-state index in [4.69, 9.17) is 9.15 Å². The molecule has 3 aromatic rings. The summed E-state index contributed by atoms with van der Waals surface area (Å²) in [7, 11) is 0. The van der Waals surface area contributed by atoms with Crippen molar-refractivity contribution in [1.82, 2.24) is 5.32 Å². The number of carbonyl (C=O) groups excluding carboxylic acids is 2. The molecule has 0 aliphatic carbocycles. The largest absolute Gasteiger partial charge is 0.548 e. The molecule has 0 bridgehead atoms. The van der Waals surface area contributed by atoms with Crippen molar-refractivity contribution in [3.8, 4) is 5.75 Å². The highest BCUT2D eigenvalue weighted by Crippen LogP contribution is 2.24. The van der Waals surface area contributed by atoms with Gasteiger partial charge in [0.1, 0.15) is 11.3 Å². The Hall–Kier alpha value is -3.61. The van der Waals surface area contributed by atoms with Crippen LogP contribution < -0.4 is 20.8 Å². The minimum Gasteiger partial charge on any atom is -0.548 e. The molecule has 1 aromatic heterocycles. The zero-order valence-corrected chi connectivity index (χ0v) is 16.0. The molecule has 2 aromatic carbocycles. The molecule has 0 aliphatic rings. The highest BCUT2D eigenvalue weighted by atomic mass is 16.5. The lowest BCUT2D eigenvalue weighted by molar-refractivity contribution is -0.308. The van der Waals surface area contributed by atoms with Crippen LogP contribution in [-0.2, 0) is 16.0 Å². The zero-order chi connectivity index (χ0) is 21.0. The van der Waals surface area contributed by atoms with Gasteiger partial charge in [-0.25, -0.2) is 4.79 Å². The van der Waals surface area contributed by atoms with Gasteiger partial charge < -0.3 is 24.4 Å². The van der Waals surface area contributed by atoms with Gasteiger partial charge in [0, 0.05) is 17.5 Å². The Labute approximate surface area is 166 Å². The number of aliphatic carboxylic acids is 1. The number of nitrogens with one attached hydrogen (secondary N) is 1. The van der Waals surface area contributed by atoms with Crippen LogP contribution >= 0.6 is 0 Å². The summed E-state index contributed by atoms with van der Waals surface area (Å²) in [4.78, 5) is 35.6. The number of aryl methyl sites for hydroxylation is 1. The van der Waals surface area contributed by atoms with E-state index in [0.717, 1.165) is 10.9 Å². The van der Waals surface area contributed by atoms with E-state index in [9.17, 15) is 19.5 Å². The quantitative estimate of drug-likeness (QED) is 0.612. The van der Waals surface area contributed by atoms with E-state index in [1.807, 2.05) is 6.92 Å². The lowest BCUT2D eigenvalue weighted by atomic mass is 10.1. The van der Waals surface area contributed by atoms with Crippen LogP contribution in [0, 0.1) is 0 Å². The standard InChI is InChI=1S/C22H21NO6/c1-3-14-11-19(24)29-18-12-16(9-10-17(14)18)28-13(2)21(25)23-20(22(26)27)15-7-5-4-6-8-15/h4-13,20H,3H2,1-2H3,(H,23,25)(H,26,27)/p-1/t13-,20+/m1/s1. The van der Waals surface area contributed by atoms with E-state index in [1.165, 1.54) is 19.1 Å². The number of fused-ring (bicyclic) bond motifs is 1. The van der Waals surface area contributed by atoms with Gasteiger partial charge in [0.05, 0.1) is 12.0 Å². The number of carboxylic acids is 1. The van der Waals surface area contributed by atoms with Gasteiger partial charge >= 0.3 is 5.63 Å². The van der Waals surface area contributed by atoms with Crippen molar-refractivity contribution in [2.75, 3.05) is 0 Å². The summed E-state index contributed by atoms with van der Waals surface area (Å²) in [5.41, 5.74) is 1.15. The molecule has 3 rings (SSSR count). The molecule has 0 fully saturated rings. The third-order valence-electron chi connectivity index (χ3n) is 4.52. The summed E-state index contributed by atoms with van der Waals surface area (Å²) in [6.07, 6.45) is -0.315. The lowest BCUT2D eigenvalue weighted by Crippen LogP contribution is -2.45. The second kappa shape index (κ2) is 8.60. The fourth-order valence-corrected chi connectivity index (χ4v) is 3.02. The first-order valence-electron chi connectivity index (χ1n) is 9.18. The number of amides is 1. The maximum atomic E-state index is 12.5. The average molecular weight is 394 g/mol. The Bertz CT molecular complexity index is 1090. The molecule has 1 heterocycles. The molecular formula is C22H20NO6-. The summed E-state index contributed by atoms with van der Waals surface area (Å²) in [5, 5.41) is 14.7. The molecule has 7 nitrogen and oxygen atoms in total. The normalized spacial score (nSPS) is 12.9. The first-order chi connectivity index (χ1) is 13.9. The molecule has 1 N–H and O–H groups in total. The van der Waals surface area contributed by atoms with Crippen molar-refractivity contribution in [3.05, 3.63) is 76.1 Å². The summed E-state index contributed by atoms with van der Waals surface area (Å²) in [5.74, 6) is -1.72. The molecular weight excluding hydrogens is 374 g/mol. The first-order valence-corrected chi connectivity index (χ1v) is 9.18. The van der Waals surface area contributed by atoms with E-state index >= 15 is 0 Å². The van der Waals surface area contributed by atoms with Gasteiger partial charge in [-0.05, 0) is 36.6 Å². The van der Waals surface area contributed by atoms with E-state index in [1.54, 1.807) is 42.5 Å². The van der Waals surface area contributed by atoms with Gasteiger partial charge in [-0.1, -0.05) is 37.3 Å². The molecule has 0 saturated carbocycles. The number of carboxylic acid groups (broad SMARTS) is 1. The molecule has 2 atom stereocenters. The van der Waals surface area contributed by atoms with Crippen LogP contribution in [-0.4, -0.2) is 18.0 Å². The maximum absolute atomic E-state index is 12.5. The summed E-state index contributed by atoms with van der Waals surface area (Å²) < 4.78 is 10.8. The molecule has 0 radical (unpaired) electrons. The van der Waals surface area contributed by atoms with Gasteiger partial charge in [-0.15, -0.1) is 0 Å². The monoisotopic (exact) mass is 394 g/mol. The molecule has 0 saturated heterocycles. The number of ether oxygens (including phenoxy) is 1. The predicted octanol–water partition coefficient (Wildman–Crippen LogP) is 1.73. The molecule has 29 heavy (non-hydrogen) atoms. The fourth-order valence-electron chi connectivity index (χ4n) is 3.02. The molecule has 1 amide bonds. The fraction of sp³-hybridized carbons (Fsp3) is 0.227. The van der Waals surface area contributed by atoms with Crippen molar-refractivity contribution in [2.45, 2.75) is 32.4 Å². The third-order valence-corrected chi connectivity index (χ3v) is 4.52. The number of hydrogen-bond acceptors (Lipinski definition) is 6. The number of carbonyl (C=O) groups is 2. The van der Waals surface area contributed by atoms with E-state index in [2.05, 4.69) is 5.32 Å². The van der Waals surface area contributed by atoms with Crippen LogP contribution in [0.4, 0.5) is 0 Å². The van der Waals surface area contributed by atoms with E-state index < -0.39 is 29.6 Å². The van der Waals surface area contributed by atoms with Crippen LogP contribution in [0.25, 0.3) is 11.0 Å². The summed E-state index contributed by atoms with van der Waals surface area (Å²) in [6, 6.07) is 13.4. The first kappa shape index (κ1) is 20.1. The third kappa shape index (κ3) is 4.63. The second-order valence-corrected chi connectivity index (χ2v) is 6.53. The predicted molar refractivity (Wildman–Crippen MR) is 104 cm³/mol. The second-order valence-electron chi connectivity index (χ2n) is 6.53. The van der Waals surface area contributed by atoms with Gasteiger partial charge in [0.2, 0.25) is 0 Å². The van der Waals surface area contributed by atoms with Gasteiger partial charge in [-0.2, -0.15) is 0 Å². The van der Waals surface area contributed by atoms with Gasteiger partial charge in [0.25, 0.3) is 5.91 Å². The lowest BCUT2D eigenvalue weighted by Gasteiger charge is -2.22. The van der Waals surface area contributed by atoms with E-state index in [0.29, 0.717) is 23.3 Å². The van der Waals surface area contributed by atoms with Crippen molar-refractivity contribution in [1.29, 1.82) is 0 Å². The van der Waals surface area contributed by atoms with E-state index in [-0.39, 0.29) is 0 Å². The summed E-state index contributed by atoms with van der Waals surface area (Å²) >= 11 is 0. The highest BCUT2D eigenvalue weighted by molar-refractivity contribution is 5.86. The van der Waals surface area contributed by atoms with Crippen LogP contribution in [0.2, 0.25) is 0 Å².